The van der Waals surface area contributed by atoms with Gasteiger partial charge in [-0.25, -0.2) is 8.78 Å². The predicted octanol–water partition coefficient (Wildman–Crippen LogP) is 5.75. The summed E-state index contributed by atoms with van der Waals surface area (Å²) in [7, 11) is 0. The number of rotatable bonds is 4. The molecule has 0 aliphatic heterocycles. The third-order valence-electron chi connectivity index (χ3n) is 3.71. The van der Waals surface area contributed by atoms with E-state index in [1.54, 1.807) is 12.1 Å². The molecule has 0 saturated carbocycles. The summed E-state index contributed by atoms with van der Waals surface area (Å²) in [6.45, 7) is 0. The Kier molecular flexibility index (Phi) is 4.29. The maximum atomic E-state index is 14.4. The third kappa shape index (κ3) is 3.40. The van der Waals surface area contributed by atoms with Crippen LogP contribution in [0, 0.1) is 5.82 Å². The second kappa shape index (κ2) is 6.52. The Morgan fingerprint density at radius 1 is 0.682 bits per heavy atom. The molecule has 0 radical (unpaired) electrons. The summed E-state index contributed by atoms with van der Waals surface area (Å²) in [6.07, 6.45) is -0.833. The molecule has 22 heavy (non-hydrogen) atoms. The molecule has 0 N–H and O–H groups in total. The Bertz CT molecular complexity index is 716. The Labute approximate surface area is 129 Å². The Morgan fingerprint density at radius 3 is 1.91 bits per heavy atom. The topological polar surface area (TPSA) is 0 Å². The summed E-state index contributed by atoms with van der Waals surface area (Å²) in [5.74, 6) is -0.300. The average Bonchev–Trinajstić information content (AvgIpc) is 2.58. The molecule has 0 aliphatic carbocycles. The van der Waals surface area contributed by atoms with Gasteiger partial charge in [-0.2, -0.15) is 0 Å². The largest absolute Gasteiger partial charge is 0.242 e. The van der Waals surface area contributed by atoms with Gasteiger partial charge in [-0.1, -0.05) is 66.7 Å². The van der Waals surface area contributed by atoms with Gasteiger partial charge >= 0.3 is 0 Å². The van der Waals surface area contributed by atoms with Crippen LogP contribution in [-0.2, 0) is 6.42 Å². The number of halogens is 2. The molecule has 0 nitrogen and oxygen atoms in total. The monoisotopic (exact) mass is 294 g/mol. The van der Waals surface area contributed by atoms with Crippen molar-refractivity contribution in [2.24, 2.45) is 0 Å². The molecular weight excluding hydrogens is 278 g/mol. The summed E-state index contributed by atoms with van der Waals surface area (Å²) in [4.78, 5) is 0. The van der Waals surface area contributed by atoms with E-state index in [1.807, 2.05) is 54.6 Å². The van der Waals surface area contributed by atoms with Crippen LogP contribution < -0.4 is 0 Å². The minimum atomic E-state index is -1.09. The van der Waals surface area contributed by atoms with Crippen LogP contribution >= 0.6 is 0 Å². The van der Waals surface area contributed by atoms with Crippen molar-refractivity contribution in [1.82, 2.24) is 0 Å². The summed E-state index contributed by atoms with van der Waals surface area (Å²) in [6, 6.07) is 23.5. The predicted molar refractivity (Wildman–Crippen MR) is 85.8 cm³/mol. The van der Waals surface area contributed by atoms with Crippen LogP contribution in [0.1, 0.15) is 17.3 Å². The molecule has 3 rings (SSSR count). The molecule has 3 aromatic rings. The van der Waals surface area contributed by atoms with E-state index in [4.69, 9.17) is 0 Å². The lowest BCUT2D eigenvalue weighted by molar-refractivity contribution is 0.342. The Hall–Kier alpha value is -2.48. The highest BCUT2D eigenvalue weighted by Gasteiger charge is 2.11. The lowest BCUT2D eigenvalue weighted by atomic mass is 9.99. The van der Waals surface area contributed by atoms with E-state index in [-0.39, 0.29) is 12.2 Å². The van der Waals surface area contributed by atoms with E-state index in [0.717, 1.165) is 16.7 Å². The zero-order chi connectivity index (χ0) is 15.4. The van der Waals surface area contributed by atoms with Gasteiger partial charge in [-0.15, -0.1) is 0 Å². The van der Waals surface area contributed by atoms with Crippen molar-refractivity contribution >= 4 is 0 Å². The van der Waals surface area contributed by atoms with Crippen molar-refractivity contribution in [3.63, 3.8) is 0 Å². The van der Waals surface area contributed by atoms with E-state index >= 15 is 0 Å². The Balaban J connectivity index is 1.73. The number of hydrogen-bond acceptors (Lipinski definition) is 0. The maximum absolute atomic E-state index is 14.4. The van der Waals surface area contributed by atoms with Gasteiger partial charge in [0.25, 0.3) is 0 Å². The smallest absolute Gasteiger partial charge is 0.129 e. The fraction of sp³-hybridized carbons (Fsp3) is 0.100. The lowest BCUT2D eigenvalue weighted by Crippen LogP contribution is -1.97. The maximum Gasteiger partial charge on any atom is 0.129 e. The molecule has 0 bridgehead atoms. The lowest BCUT2D eigenvalue weighted by Gasteiger charge is -2.10. The molecule has 3 aromatic carbocycles. The van der Waals surface area contributed by atoms with Gasteiger partial charge in [-0.05, 0) is 34.4 Å². The molecule has 0 aliphatic rings. The molecule has 2 heteroatoms. The molecule has 110 valence electrons. The van der Waals surface area contributed by atoms with E-state index in [2.05, 4.69) is 0 Å². The van der Waals surface area contributed by atoms with Crippen molar-refractivity contribution in [2.45, 2.75) is 12.6 Å². The summed E-state index contributed by atoms with van der Waals surface area (Å²) >= 11 is 0. The van der Waals surface area contributed by atoms with Crippen molar-refractivity contribution in [3.8, 4) is 11.1 Å². The van der Waals surface area contributed by atoms with Gasteiger partial charge in [0.1, 0.15) is 12.0 Å². The number of alkyl halides is 1. The third-order valence-corrected chi connectivity index (χ3v) is 3.71. The van der Waals surface area contributed by atoms with E-state index < -0.39 is 6.17 Å². The molecule has 0 saturated heterocycles. The van der Waals surface area contributed by atoms with E-state index in [0.29, 0.717) is 5.56 Å². The summed E-state index contributed by atoms with van der Waals surface area (Å²) < 4.78 is 27.2. The van der Waals surface area contributed by atoms with Gasteiger partial charge in [-0.3, -0.25) is 0 Å². The van der Waals surface area contributed by atoms with Crippen molar-refractivity contribution < 1.29 is 8.78 Å². The first kappa shape index (κ1) is 14.5. The summed E-state index contributed by atoms with van der Waals surface area (Å²) in [5.41, 5.74) is 3.62. The second-order valence-corrected chi connectivity index (χ2v) is 5.29. The van der Waals surface area contributed by atoms with Crippen LogP contribution in [0.5, 0.6) is 0 Å². The minimum absolute atomic E-state index is 0.255. The van der Waals surface area contributed by atoms with E-state index in [1.165, 1.54) is 12.1 Å². The van der Waals surface area contributed by atoms with Gasteiger partial charge in [0.15, 0.2) is 0 Å². The first-order chi connectivity index (χ1) is 10.7. The summed E-state index contributed by atoms with van der Waals surface area (Å²) in [5, 5.41) is 0. The molecule has 1 atom stereocenters. The average molecular weight is 294 g/mol. The highest BCUT2D eigenvalue weighted by atomic mass is 19.1. The van der Waals surface area contributed by atoms with Gasteiger partial charge in [0.2, 0.25) is 0 Å². The molecule has 0 fully saturated rings. The molecular formula is C20H16F2. The van der Waals surface area contributed by atoms with Gasteiger partial charge in [0.05, 0.1) is 0 Å². The van der Waals surface area contributed by atoms with Gasteiger partial charge in [0, 0.05) is 6.42 Å². The van der Waals surface area contributed by atoms with E-state index in [9.17, 15) is 8.78 Å². The number of hydrogen-bond donors (Lipinski definition) is 0. The number of benzene rings is 3. The molecule has 0 spiro atoms. The van der Waals surface area contributed by atoms with Crippen LogP contribution in [0.2, 0.25) is 0 Å². The fourth-order valence-corrected chi connectivity index (χ4v) is 2.46. The zero-order valence-electron chi connectivity index (χ0n) is 12.0. The SMILES string of the molecule is Fc1ccc(CC(F)c2ccc(-c3ccccc3)cc2)cc1. The van der Waals surface area contributed by atoms with Crippen LogP contribution in [0.15, 0.2) is 78.9 Å². The molecule has 1 unspecified atom stereocenters. The van der Waals surface area contributed by atoms with Crippen LogP contribution in [-0.4, -0.2) is 0 Å². The Morgan fingerprint density at radius 2 is 1.27 bits per heavy atom. The van der Waals surface area contributed by atoms with Crippen molar-refractivity contribution in [2.75, 3.05) is 0 Å². The standard InChI is InChI=1S/C20H16F2/c21-19-12-6-15(7-13-19)14-20(22)18-10-8-17(9-11-18)16-4-2-1-3-5-16/h1-13,20H,14H2. The highest BCUT2D eigenvalue weighted by molar-refractivity contribution is 5.63. The highest BCUT2D eigenvalue weighted by Crippen LogP contribution is 2.26. The van der Waals surface area contributed by atoms with Gasteiger partial charge < -0.3 is 0 Å². The molecule has 0 amide bonds. The fourth-order valence-electron chi connectivity index (χ4n) is 2.46. The normalized spacial score (nSPS) is 12.1. The van der Waals surface area contributed by atoms with Crippen molar-refractivity contribution in [3.05, 3.63) is 95.8 Å². The first-order valence-electron chi connectivity index (χ1n) is 7.26. The van der Waals surface area contributed by atoms with Crippen LogP contribution in [0.4, 0.5) is 8.78 Å². The quantitative estimate of drug-likeness (QED) is 0.575. The first-order valence-corrected chi connectivity index (χ1v) is 7.26. The second-order valence-electron chi connectivity index (χ2n) is 5.29. The minimum Gasteiger partial charge on any atom is -0.242 e. The zero-order valence-corrected chi connectivity index (χ0v) is 12.0. The molecule has 0 heterocycles. The van der Waals surface area contributed by atoms with Crippen LogP contribution in [0.25, 0.3) is 11.1 Å². The van der Waals surface area contributed by atoms with Crippen LogP contribution in [0.3, 0.4) is 0 Å². The molecule has 0 aromatic heterocycles. The van der Waals surface area contributed by atoms with Crippen molar-refractivity contribution in [1.29, 1.82) is 0 Å².